The molecule has 26 heavy (non-hydrogen) atoms. The Morgan fingerprint density at radius 3 is 2.54 bits per heavy atom. The lowest BCUT2D eigenvalue weighted by atomic mass is 10.1. The molecule has 0 fully saturated rings. The third-order valence-electron chi connectivity index (χ3n) is 3.73. The molecule has 0 aliphatic heterocycles. The van der Waals surface area contributed by atoms with Crippen molar-refractivity contribution in [2.75, 3.05) is 18.5 Å². The van der Waals surface area contributed by atoms with Crippen LogP contribution in [0, 0.1) is 0 Å². The number of esters is 1. The average Bonchev–Trinajstić information content (AvgIpc) is 3.04. The number of anilines is 1. The minimum absolute atomic E-state index is 0.0622. The van der Waals surface area contributed by atoms with Crippen molar-refractivity contribution < 1.29 is 23.5 Å². The van der Waals surface area contributed by atoms with Crippen molar-refractivity contribution in [1.29, 1.82) is 0 Å². The molecule has 0 bridgehead atoms. The number of fused-ring (bicyclic) bond motifs is 1. The first kappa shape index (κ1) is 17.7. The van der Waals surface area contributed by atoms with E-state index in [1.165, 1.54) is 0 Å². The van der Waals surface area contributed by atoms with Crippen molar-refractivity contribution in [2.24, 2.45) is 0 Å². The molecule has 0 unspecified atom stereocenters. The number of amides is 1. The van der Waals surface area contributed by atoms with Crippen molar-refractivity contribution in [3.63, 3.8) is 0 Å². The molecule has 0 aliphatic rings. The van der Waals surface area contributed by atoms with E-state index in [0.29, 0.717) is 23.4 Å². The number of para-hydroxylation sites is 2. The molecule has 0 aliphatic carbocycles. The molecule has 0 radical (unpaired) electrons. The Morgan fingerprint density at radius 1 is 1.04 bits per heavy atom. The highest BCUT2D eigenvalue weighted by molar-refractivity contribution is 5.98. The zero-order valence-corrected chi connectivity index (χ0v) is 14.4. The van der Waals surface area contributed by atoms with Gasteiger partial charge >= 0.3 is 5.97 Å². The van der Waals surface area contributed by atoms with E-state index in [1.54, 1.807) is 30.3 Å². The van der Waals surface area contributed by atoms with Gasteiger partial charge in [-0.25, -0.2) is 4.79 Å². The summed E-state index contributed by atoms with van der Waals surface area (Å²) in [6.07, 6.45) is 0. The van der Waals surface area contributed by atoms with E-state index < -0.39 is 18.5 Å². The Bertz CT molecular complexity index is 901. The third-order valence-corrected chi connectivity index (χ3v) is 3.73. The molecule has 0 saturated carbocycles. The van der Waals surface area contributed by atoms with Crippen LogP contribution in [0.2, 0.25) is 0 Å². The van der Waals surface area contributed by atoms with Gasteiger partial charge in [0, 0.05) is 23.2 Å². The summed E-state index contributed by atoms with van der Waals surface area (Å²) >= 11 is 0. The maximum absolute atomic E-state index is 12.4. The second kappa shape index (κ2) is 8.31. The molecule has 3 rings (SSSR count). The van der Waals surface area contributed by atoms with E-state index >= 15 is 0 Å². The van der Waals surface area contributed by atoms with Crippen molar-refractivity contribution >= 4 is 28.5 Å². The van der Waals surface area contributed by atoms with Gasteiger partial charge in [0.1, 0.15) is 5.58 Å². The summed E-state index contributed by atoms with van der Waals surface area (Å²) in [5.74, 6) is -1.06. The highest BCUT2D eigenvalue weighted by atomic mass is 16.5. The number of carbonyl (C=O) groups is 2. The molecule has 0 spiro atoms. The summed E-state index contributed by atoms with van der Waals surface area (Å²) in [5, 5.41) is 3.45. The van der Waals surface area contributed by atoms with E-state index in [9.17, 15) is 9.59 Å². The molecule has 1 amide bonds. The Labute approximate surface area is 150 Å². The molecule has 1 heterocycles. The number of nitrogens with one attached hydrogen (secondary N) is 1. The molecule has 0 atom stereocenters. The fourth-order valence-electron chi connectivity index (χ4n) is 2.53. The Kier molecular flexibility index (Phi) is 5.66. The average molecular weight is 353 g/mol. The molecule has 1 N–H and O–H groups in total. The van der Waals surface area contributed by atoms with Gasteiger partial charge in [-0.1, -0.05) is 36.4 Å². The van der Waals surface area contributed by atoms with Crippen molar-refractivity contribution in [2.45, 2.75) is 13.5 Å². The van der Waals surface area contributed by atoms with Crippen LogP contribution in [0.15, 0.2) is 59.0 Å². The van der Waals surface area contributed by atoms with Crippen molar-refractivity contribution in [3.05, 3.63) is 65.9 Å². The van der Waals surface area contributed by atoms with Crippen LogP contribution in [-0.4, -0.2) is 25.1 Å². The lowest BCUT2D eigenvalue weighted by Gasteiger charge is -2.06. The second-order valence-corrected chi connectivity index (χ2v) is 5.53. The highest BCUT2D eigenvalue weighted by Gasteiger charge is 2.22. The van der Waals surface area contributed by atoms with Gasteiger partial charge in [-0.15, -0.1) is 0 Å². The lowest BCUT2D eigenvalue weighted by Crippen LogP contribution is -2.21. The molecular formula is C20H19NO5. The molecule has 6 nitrogen and oxygen atoms in total. The fraction of sp³-hybridized carbons (Fsp3) is 0.200. The Balaban J connectivity index is 1.70. The van der Waals surface area contributed by atoms with E-state index in [-0.39, 0.29) is 12.4 Å². The zero-order valence-electron chi connectivity index (χ0n) is 14.4. The Morgan fingerprint density at radius 2 is 1.77 bits per heavy atom. The van der Waals surface area contributed by atoms with Gasteiger partial charge in [-0.2, -0.15) is 0 Å². The summed E-state index contributed by atoms with van der Waals surface area (Å²) in [6, 6.07) is 16.2. The van der Waals surface area contributed by atoms with Gasteiger partial charge in [-0.05, 0) is 25.1 Å². The van der Waals surface area contributed by atoms with E-state index in [4.69, 9.17) is 13.9 Å². The summed E-state index contributed by atoms with van der Waals surface area (Å²) in [6.45, 7) is 2.20. The van der Waals surface area contributed by atoms with Gasteiger partial charge in [0.25, 0.3) is 5.91 Å². The highest BCUT2D eigenvalue weighted by Crippen LogP contribution is 2.27. The Hall–Kier alpha value is -3.12. The first-order chi connectivity index (χ1) is 12.7. The maximum Gasteiger partial charge on any atom is 0.375 e. The standard InChI is InChI=1S/C20H19NO5/c1-2-24-12-16-15-10-6-7-11-17(15)26-19(16)20(23)25-13-18(22)21-14-8-4-3-5-9-14/h3-11H,2,12-13H2,1H3,(H,21,22). The SMILES string of the molecule is CCOCc1c(C(=O)OCC(=O)Nc2ccccc2)oc2ccccc12. The van der Waals surface area contributed by atoms with Crippen LogP contribution in [0.25, 0.3) is 11.0 Å². The fourth-order valence-corrected chi connectivity index (χ4v) is 2.53. The topological polar surface area (TPSA) is 77.8 Å². The van der Waals surface area contributed by atoms with Crippen LogP contribution >= 0.6 is 0 Å². The number of hydrogen-bond acceptors (Lipinski definition) is 5. The number of hydrogen-bond donors (Lipinski definition) is 1. The van der Waals surface area contributed by atoms with E-state index in [0.717, 1.165) is 5.39 Å². The number of benzene rings is 2. The second-order valence-electron chi connectivity index (χ2n) is 5.53. The lowest BCUT2D eigenvalue weighted by molar-refractivity contribution is -0.119. The predicted molar refractivity (Wildman–Crippen MR) is 96.9 cm³/mol. The van der Waals surface area contributed by atoms with Crippen LogP contribution < -0.4 is 5.32 Å². The quantitative estimate of drug-likeness (QED) is 0.654. The molecule has 1 aromatic heterocycles. The van der Waals surface area contributed by atoms with Crippen LogP contribution in [0.5, 0.6) is 0 Å². The van der Waals surface area contributed by atoms with Crippen LogP contribution in [0.3, 0.4) is 0 Å². The number of furan rings is 1. The first-order valence-corrected chi connectivity index (χ1v) is 8.29. The molecular weight excluding hydrogens is 334 g/mol. The first-order valence-electron chi connectivity index (χ1n) is 8.29. The largest absolute Gasteiger partial charge is 0.450 e. The number of carbonyl (C=O) groups excluding carboxylic acids is 2. The summed E-state index contributed by atoms with van der Waals surface area (Å²) < 4.78 is 16.2. The minimum atomic E-state index is -0.695. The zero-order chi connectivity index (χ0) is 18.4. The summed E-state index contributed by atoms with van der Waals surface area (Å²) in [4.78, 5) is 24.3. The van der Waals surface area contributed by atoms with Crippen LogP contribution in [-0.2, 0) is 20.9 Å². The maximum atomic E-state index is 12.4. The van der Waals surface area contributed by atoms with Gasteiger partial charge in [0.2, 0.25) is 5.76 Å². The normalized spacial score (nSPS) is 10.7. The van der Waals surface area contributed by atoms with Gasteiger partial charge in [0.15, 0.2) is 6.61 Å². The molecule has 6 heteroatoms. The summed E-state index contributed by atoms with van der Waals surface area (Å²) in [7, 11) is 0. The van der Waals surface area contributed by atoms with E-state index in [2.05, 4.69) is 5.32 Å². The van der Waals surface area contributed by atoms with Crippen molar-refractivity contribution in [1.82, 2.24) is 0 Å². The molecule has 3 aromatic rings. The molecule has 0 saturated heterocycles. The smallest absolute Gasteiger partial charge is 0.375 e. The summed E-state index contributed by atoms with van der Waals surface area (Å²) in [5.41, 5.74) is 1.83. The van der Waals surface area contributed by atoms with Gasteiger partial charge in [-0.3, -0.25) is 4.79 Å². The predicted octanol–water partition coefficient (Wildman–Crippen LogP) is 3.76. The van der Waals surface area contributed by atoms with Gasteiger partial charge < -0.3 is 19.2 Å². The molecule has 2 aromatic carbocycles. The van der Waals surface area contributed by atoms with Crippen LogP contribution in [0.1, 0.15) is 23.0 Å². The molecule has 134 valence electrons. The van der Waals surface area contributed by atoms with Crippen molar-refractivity contribution in [3.8, 4) is 0 Å². The number of ether oxygens (including phenoxy) is 2. The minimum Gasteiger partial charge on any atom is -0.450 e. The van der Waals surface area contributed by atoms with Gasteiger partial charge in [0.05, 0.1) is 6.61 Å². The monoisotopic (exact) mass is 353 g/mol. The third kappa shape index (κ3) is 4.10. The van der Waals surface area contributed by atoms with Crippen LogP contribution in [0.4, 0.5) is 5.69 Å². The van der Waals surface area contributed by atoms with E-state index in [1.807, 2.05) is 31.2 Å². The number of rotatable bonds is 7.